The Kier molecular flexibility index (Phi) is 4.96. The largest absolute Gasteiger partial charge is 0.506 e. The Morgan fingerprint density at radius 1 is 1.00 bits per heavy atom. The van der Waals surface area contributed by atoms with Crippen LogP contribution in [-0.4, -0.2) is 42.2 Å². The summed E-state index contributed by atoms with van der Waals surface area (Å²) in [6.45, 7) is 2.65. The second kappa shape index (κ2) is 6.91. The van der Waals surface area contributed by atoms with Gasteiger partial charge in [-0.25, -0.2) is 4.98 Å². The van der Waals surface area contributed by atoms with Crippen molar-refractivity contribution >= 4 is 5.82 Å². The summed E-state index contributed by atoms with van der Waals surface area (Å²) in [6, 6.07) is 13.9. The SMILES string of the molecule is CN(C)CCN(Cc1ccccc1)c1ccc(O)cn1. The zero-order valence-electron chi connectivity index (χ0n) is 12.0. The summed E-state index contributed by atoms with van der Waals surface area (Å²) in [5.74, 6) is 1.08. The van der Waals surface area contributed by atoms with Gasteiger partial charge in [-0.3, -0.25) is 0 Å². The lowest BCUT2D eigenvalue weighted by Crippen LogP contribution is -2.31. The number of likely N-dealkylation sites (N-methyl/N-ethyl adjacent to an activating group) is 1. The summed E-state index contributed by atoms with van der Waals surface area (Å²) < 4.78 is 0. The second-order valence-corrected chi connectivity index (χ2v) is 5.09. The Hall–Kier alpha value is -2.07. The highest BCUT2D eigenvalue weighted by Gasteiger charge is 2.09. The van der Waals surface area contributed by atoms with Crippen LogP contribution in [0.2, 0.25) is 0 Å². The van der Waals surface area contributed by atoms with Crippen molar-refractivity contribution in [2.24, 2.45) is 0 Å². The number of hydrogen-bond donors (Lipinski definition) is 1. The first-order valence-electron chi connectivity index (χ1n) is 6.74. The molecule has 0 saturated heterocycles. The van der Waals surface area contributed by atoms with Crippen LogP contribution >= 0.6 is 0 Å². The number of hydrogen-bond acceptors (Lipinski definition) is 4. The predicted molar refractivity (Wildman–Crippen MR) is 81.9 cm³/mol. The van der Waals surface area contributed by atoms with Crippen molar-refractivity contribution < 1.29 is 5.11 Å². The van der Waals surface area contributed by atoms with Crippen LogP contribution < -0.4 is 4.90 Å². The van der Waals surface area contributed by atoms with Gasteiger partial charge in [0.05, 0.1) is 6.20 Å². The Morgan fingerprint density at radius 3 is 2.35 bits per heavy atom. The van der Waals surface area contributed by atoms with Crippen LogP contribution in [0, 0.1) is 0 Å². The van der Waals surface area contributed by atoms with Crippen LogP contribution in [0.4, 0.5) is 5.82 Å². The number of pyridine rings is 1. The van der Waals surface area contributed by atoms with Crippen LogP contribution in [-0.2, 0) is 6.54 Å². The third kappa shape index (κ3) is 4.24. The molecule has 0 spiro atoms. The van der Waals surface area contributed by atoms with Gasteiger partial charge in [0.2, 0.25) is 0 Å². The molecule has 0 fully saturated rings. The van der Waals surface area contributed by atoms with Crippen LogP contribution in [0.15, 0.2) is 48.7 Å². The first-order valence-corrected chi connectivity index (χ1v) is 6.74. The smallest absolute Gasteiger partial charge is 0.134 e. The first kappa shape index (κ1) is 14.3. The van der Waals surface area contributed by atoms with Crippen molar-refractivity contribution in [3.05, 3.63) is 54.2 Å². The third-order valence-electron chi connectivity index (χ3n) is 3.09. The number of rotatable bonds is 6. The van der Waals surface area contributed by atoms with Gasteiger partial charge < -0.3 is 14.9 Å². The topological polar surface area (TPSA) is 39.6 Å². The fourth-order valence-electron chi connectivity index (χ4n) is 1.96. The van der Waals surface area contributed by atoms with Crippen LogP contribution in [0.3, 0.4) is 0 Å². The maximum absolute atomic E-state index is 9.36. The van der Waals surface area contributed by atoms with Crippen molar-refractivity contribution in [1.29, 1.82) is 0 Å². The maximum Gasteiger partial charge on any atom is 0.134 e. The van der Waals surface area contributed by atoms with E-state index < -0.39 is 0 Å². The monoisotopic (exact) mass is 271 g/mol. The Bertz CT molecular complexity index is 511. The lowest BCUT2D eigenvalue weighted by molar-refractivity contribution is 0.412. The Labute approximate surface area is 120 Å². The fourth-order valence-corrected chi connectivity index (χ4v) is 1.96. The van der Waals surface area contributed by atoms with Crippen molar-refractivity contribution in [1.82, 2.24) is 9.88 Å². The van der Waals surface area contributed by atoms with E-state index >= 15 is 0 Å². The minimum absolute atomic E-state index is 0.195. The molecule has 1 heterocycles. The van der Waals surface area contributed by atoms with Gasteiger partial charge in [-0.05, 0) is 31.8 Å². The number of aromatic nitrogens is 1. The van der Waals surface area contributed by atoms with Crippen LogP contribution in [0.25, 0.3) is 0 Å². The molecule has 2 rings (SSSR count). The van der Waals surface area contributed by atoms with E-state index in [0.29, 0.717) is 0 Å². The maximum atomic E-state index is 9.36. The van der Waals surface area contributed by atoms with E-state index in [1.165, 1.54) is 11.8 Å². The minimum Gasteiger partial charge on any atom is -0.506 e. The number of benzene rings is 1. The summed E-state index contributed by atoms with van der Waals surface area (Å²) in [7, 11) is 4.12. The molecule has 0 aliphatic carbocycles. The van der Waals surface area contributed by atoms with E-state index in [2.05, 4.69) is 41.0 Å². The van der Waals surface area contributed by atoms with E-state index in [0.717, 1.165) is 25.5 Å². The summed E-state index contributed by atoms with van der Waals surface area (Å²) in [5.41, 5.74) is 1.25. The summed E-state index contributed by atoms with van der Waals surface area (Å²) >= 11 is 0. The highest BCUT2D eigenvalue weighted by Crippen LogP contribution is 2.17. The Morgan fingerprint density at radius 2 is 1.75 bits per heavy atom. The predicted octanol–water partition coefficient (Wildman–Crippen LogP) is 2.36. The molecule has 2 aromatic rings. The van der Waals surface area contributed by atoms with Gasteiger partial charge in [-0.1, -0.05) is 30.3 Å². The second-order valence-electron chi connectivity index (χ2n) is 5.09. The average Bonchev–Trinajstić information content (AvgIpc) is 2.45. The van der Waals surface area contributed by atoms with E-state index in [1.807, 2.05) is 24.3 Å². The molecule has 0 unspecified atom stereocenters. The van der Waals surface area contributed by atoms with E-state index in [4.69, 9.17) is 0 Å². The molecule has 1 aromatic heterocycles. The van der Waals surface area contributed by atoms with Gasteiger partial charge >= 0.3 is 0 Å². The summed E-state index contributed by atoms with van der Waals surface area (Å²) in [6.07, 6.45) is 1.49. The molecule has 4 nitrogen and oxygen atoms in total. The lowest BCUT2D eigenvalue weighted by Gasteiger charge is -2.25. The molecule has 0 radical (unpaired) electrons. The molecule has 106 valence electrons. The summed E-state index contributed by atoms with van der Waals surface area (Å²) in [4.78, 5) is 8.68. The fraction of sp³-hybridized carbons (Fsp3) is 0.312. The van der Waals surface area contributed by atoms with Gasteiger partial charge in [-0.15, -0.1) is 0 Å². The standard InChI is InChI=1S/C16H21N3O/c1-18(2)10-11-19(13-14-6-4-3-5-7-14)16-9-8-15(20)12-17-16/h3-9,12,20H,10-11,13H2,1-2H3. The molecule has 0 aliphatic rings. The number of anilines is 1. The van der Waals surface area contributed by atoms with Crippen LogP contribution in [0.5, 0.6) is 5.75 Å². The average molecular weight is 271 g/mol. The highest BCUT2D eigenvalue weighted by atomic mass is 16.3. The molecular weight excluding hydrogens is 250 g/mol. The molecule has 0 aliphatic heterocycles. The molecule has 20 heavy (non-hydrogen) atoms. The van der Waals surface area contributed by atoms with Gasteiger partial charge in [0.15, 0.2) is 0 Å². The molecular formula is C16H21N3O. The van der Waals surface area contributed by atoms with E-state index in [1.54, 1.807) is 6.07 Å². The number of aromatic hydroxyl groups is 1. The highest BCUT2D eigenvalue weighted by molar-refractivity contribution is 5.41. The molecule has 4 heteroatoms. The van der Waals surface area contributed by atoms with Crippen molar-refractivity contribution in [2.45, 2.75) is 6.54 Å². The van der Waals surface area contributed by atoms with Crippen molar-refractivity contribution in [3.8, 4) is 5.75 Å². The molecule has 1 aromatic carbocycles. The van der Waals surface area contributed by atoms with Crippen molar-refractivity contribution in [3.63, 3.8) is 0 Å². The lowest BCUT2D eigenvalue weighted by atomic mass is 10.2. The van der Waals surface area contributed by atoms with Crippen molar-refractivity contribution in [2.75, 3.05) is 32.1 Å². The van der Waals surface area contributed by atoms with Crippen LogP contribution in [0.1, 0.15) is 5.56 Å². The molecule has 0 amide bonds. The van der Waals surface area contributed by atoms with Gasteiger partial charge in [0.25, 0.3) is 0 Å². The molecule has 0 bridgehead atoms. The zero-order chi connectivity index (χ0) is 14.4. The van der Waals surface area contributed by atoms with E-state index in [-0.39, 0.29) is 5.75 Å². The first-order chi connectivity index (χ1) is 9.65. The van der Waals surface area contributed by atoms with Gasteiger partial charge in [0, 0.05) is 19.6 Å². The third-order valence-corrected chi connectivity index (χ3v) is 3.09. The van der Waals surface area contributed by atoms with E-state index in [9.17, 15) is 5.11 Å². The zero-order valence-corrected chi connectivity index (χ0v) is 12.0. The molecule has 0 atom stereocenters. The normalized spacial score (nSPS) is 10.8. The molecule has 1 N–H and O–H groups in total. The Balaban J connectivity index is 2.13. The summed E-state index contributed by atoms with van der Waals surface area (Å²) in [5, 5.41) is 9.36. The van der Waals surface area contributed by atoms with Gasteiger partial charge in [0.1, 0.15) is 11.6 Å². The van der Waals surface area contributed by atoms with Gasteiger partial charge in [-0.2, -0.15) is 0 Å². The minimum atomic E-state index is 0.195. The number of nitrogens with zero attached hydrogens (tertiary/aromatic N) is 3. The quantitative estimate of drug-likeness (QED) is 0.875. The molecule has 0 saturated carbocycles.